The summed E-state index contributed by atoms with van der Waals surface area (Å²) in [5.41, 5.74) is 1.17. The lowest BCUT2D eigenvalue weighted by atomic mass is 10.1. The van der Waals surface area contributed by atoms with Crippen LogP contribution < -0.4 is 14.4 Å². The number of carbonyl (C=O) groups is 1. The van der Waals surface area contributed by atoms with Gasteiger partial charge in [-0.3, -0.25) is 14.6 Å². The third-order valence-corrected chi connectivity index (χ3v) is 6.39. The lowest BCUT2D eigenvalue weighted by Crippen LogP contribution is -2.43. The van der Waals surface area contributed by atoms with E-state index in [1.165, 1.54) is 23.5 Å². The molecule has 7 nitrogen and oxygen atoms in total. The number of benzene rings is 2. The maximum Gasteiger partial charge on any atom is 0.260 e. The molecule has 0 atom stereocenters. The highest BCUT2D eigenvalue weighted by molar-refractivity contribution is 7.22. The SMILES string of the molecule is O=C(c1ccc2c(c1)OCCO2)N(CCN1CCOCC1)c1nc2ccc(F)cc2s1. The second-order valence-electron chi connectivity index (χ2n) is 7.38. The number of hydrogen-bond donors (Lipinski definition) is 0. The summed E-state index contributed by atoms with van der Waals surface area (Å²) in [5, 5.41) is 0.550. The molecule has 3 aromatic rings. The van der Waals surface area contributed by atoms with Gasteiger partial charge in [-0.1, -0.05) is 11.3 Å². The first-order valence-electron chi connectivity index (χ1n) is 10.2. The number of fused-ring (bicyclic) bond motifs is 2. The molecular formula is C22H22FN3O4S. The molecule has 2 aromatic carbocycles. The van der Waals surface area contributed by atoms with Gasteiger partial charge in [-0.25, -0.2) is 9.37 Å². The van der Waals surface area contributed by atoms with Crippen LogP contribution in [-0.2, 0) is 4.74 Å². The Bertz CT molecular complexity index is 1100. The molecule has 0 radical (unpaired) electrons. The Morgan fingerprint density at radius 3 is 2.71 bits per heavy atom. The summed E-state index contributed by atoms with van der Waals surface area (Å²) >= 11 is 1.31. The first kappa shape index (κ1) is 20.2. The third kappa shape index (κ3) is 4.34. The van der Waals surface area contributed by atoms with Crippen molar-refractivity contribution in [1.29, 1.82) is 0 Å². The van der Waals surface area contributed by atoms with Gasteiger partial charge < -0.3 is 14.2 Å². The van der Waals surface area contributed by atoms with Crippen LogP contribution in [0, 0.1) is 5.82 Å². The number of ether oxygens (including phenoxy) is 3. The Balaban J connectivity index is 1.45. The Hall–Kier alpha value is -2.75. The average Bonchev–Trinajstić information content (AvgIpc) is 3.22. The van der Waals surface area contributed by atoms with E-state index >= 15 is 0 Å². The number of morpholine rings is 1. The number of halogens is 1. The largest absolute Gasteiger partial charge is 0.486 e. The molecule has 31 heavy (non-hydrogen) atoms. The van der Waals surface area contributed by atoms with Crippen LogP contribution in [0.2, 0.25) is 0 Å². The van der Waals surface area contributed by atoms with E-state index < -0.39 is 0 Å². The molecule has 1 fully saturated rings. The second-order valence-corrected chi connectivity index (χ2v) is 8.39. The number of carbonyl (C=O) groups excluding carboxylic acids is 1. The minimum Gasteiger partial charge on any atom is -0.486 e. The number of nitrogens with zero attached hydrogens (tertiary/aromatic N) is 3. The summed E-state index contributed by atoms with van der Waals surface area (Å²) in [6.07, 6.45) is 0. The van der Waals surface area contributed by atoms with Gasteiger partial charge in [0.05, 0.1) is 23.4 Å². The van der Waals surface area contributed by atoms with Crippen LogP contribution in [-0.4, -0.2) is 68.4 Å². The maximum atomic E-state index is 13.7. The zero-order valence-corrected chi connectivity index (χ0v) is 17.7. The molecule has 3 heterocycles. The smallest absolute Gasteiger partial charge is 0.260 e. The second kappa shape index (κ2) is 8.78. The Morgan fingerprint density at radius 2 is 1.87 bits per heavy atom. The minimum absolute atomic E-state index is 0.176. The molecule has 2 aliphatic heterocycles. The van der Waals surface area contributed by atoms with Crippen LogP contribution in [0.3, 0.4) is 0 Å². The summed E-state index contributed by atoms with van der Waals surface area (Å²) in [4.78, 5) is 22.1. The molecule has 1 saturated heterocycles. The molecule has 162 valence electrons. The van der Waals surface area contributed by atoms with Crippen molar-refractivity contribution < 1.29 is 23.4 Å². The van der Waals surface area contributed by atoms with E-state index in [0.29, 0.717) is 71.9 Å². The highest BCUT2D eigenvalue weighted by Crippen LogP contribution is 2.33. The average molecular weight is 444 g/mol. The van der Waals surface area contributed by atoms with Crippen molar-refractivity contribution >= 4 is 32.6 Å². The van der Waals surface area contributed by atoms with Gasteiger partial charge >= 0.3 is 0 Å². The van der Waals surface area contributed by atoms with Crippen LogP contribution in [0.15, 0.2) is 36.4 Å². The summed E-state index contributed by atoms with van der Waals surface area (Å²) in [5.74, 6) is 0.709. The molecule has 0 bridgehead atoms. The zero-order valence-electron chi connectivity index (χ0n) is 16.9. The molecule has 5 rings (SSSR count). The standard InChI is InChI=1S/C22H22FN3O4S/c23-16-2-3-17-20(14-16)31-22(24-17)26(6-5-25-7-9-28-10-8-25)21(27)15-1-4-18-19(13-15)30-12-11-29-18/h1-4,13-14H,5-12H2. The van der Waals surface area contributed by atoms with Crippen molar-refractivity contribution in [3.8, 4) is 11.5 Å². The fraction of sp³-hybridized carbons (Fsp3) is 0.364. The number of hydrogen-bond acceptors (Lipinski definition) is 7. The topological polar surface area (TPSA) is 64.1 Å². The molecule has 1 amide bonds. The molecule has 0 unspecified atom stereocenters. The first-order valence-corrected chi connectivity index (χ1v) is 11.1. The van der Waals surface area contributed by atoms with Crippen molar-refractivity contribution in [3.05, 3.63) is 47.8 Å². The number of thiazole rings is 1. The highest BCUT2D eigenvalue weighted by Gasteiger charge is 2.24. The van der Waals surface area contributed by atoms with Crippen LogP contribution in [0.5, 0.6) is 11.5 Å². The van der Waals surface area contributed by atoms with E-state index in [1.807, 2.05) is 0 Å². The minimum atomic E-state index is -0.319. The quantitative estimate of drug-likeness (QED) is 0.604. The van der Waals surface area contributed by atoms with E-state index in [1.54, 1.807) is 29.2 Å². The van der Waals surface area contributed by atoms with E-state index in [0.717, 1.165) is 13.1 Å². The van der Waals surface area contributed by atoms with Crippen LogP contribution in [0.1, 0.15) is 10.4 Å². The number of aromatic nitrogens is 1. The van der Waals surface area contributed by atoms with Gasteiger partial charge in [-0.05, 0) is 36.4 Å². The lowest BCUT2D eigenvalue weighted by Gasteiger charge is -2.29. The zero-order chi connectivity index (χ0) is 21.2. The molecule has 0 spiro atoms. The Kier molecular flexibility index (Phi) is 5.71. The van der Waals surface area contributed by atoms with Gasteiger partial charge in [0.15, 0.2) is 16.6 Å². The summed E-state index contributed by atoms with van der Waals surface area (Å²) in [6, 6.07) is 9.68. The third-order valence-electron chi connectivity index (χ3n) is 5.35. The van der Waals surface area contributed by atoms with Crippen LogP contribution in [0.25, 0.3) is 10.2 Å². The van der Waals surface area contributed by atoms with Crippen molar-refractivity contribution in [2.45, 2.75) is 0 Å². The molecule has 0 saturated carbocycles. The van der Waals surface area contributed by atoms with E-state index in [4.69, 9.17) is 14.2 Å². The van der Waals surface area contributed by atoms with Crippen molar-refractivity contribution in [3.63, 3.8) is 0 Å². The molecule has 9 heteroatoms. The van der Waals surface area contributed by atoms with Crippen LogP contribution in [0.4, 0.5) is 9.52 Å². The van der Waals surface area contributed by atoms with Gasteiger partial charge in [0.1, 0.15) is 19.0 Å². The Labute approximate surface area is 182 Å². The predicted molar refractivity (Wildman–Crippen MR) is 116 cm³/mol. The fourth-order valence-corrected chi connectivity index (χ4v) is 4.70. The van der Waals surface area contributed by atoms with Gasteiger partial charge in [0.2, 0.25) is 0 Å². The normalized spacial score (nSPS) is 16.4. The van der Waals surface area contributed by atoms with Crippen molar-refractivity contribution in [2.24, 2.45) is 0 Å². The van der Waals surface area contributed by atoms with E-state index in [-0.39, 0.29) is 11.7 Å². The van der Waals surface area contributed by atoms with Gasteiger partial charge in [0.25, 0.3) is 5.91 Å². The summed E-state index contributed by atoms with van der Waals surface area (Å²) < 4.78 is 31.0. The van der Waals surface area contributed by atoms with E-state index in [9.17, 15) is 9.18 Å². The first-order chi connectivity index (χ1) is 15.2. The van der Waals surface area contributed by atoms with Crippen molar-refractivity contribution in [1.82, 2.24) is 9.88 Å². The van der Waals surface area contributed by atoms with Gasteiger partial charge in [-0.2, -0.15) is 0 Å². The molecular weight excluding hydrogens is 421 g/mol. The molecule has 0 N–H and O–H groups in total. The van der Waals surface area contributed by atoms with Gasteiger partial charge in [-0.15, -0.1) is 0 Å². The molecule has 1 aromatic heterocycles. The molecule has 2 aliphatic rings. The summed E-state index contributed by atoms with van der Waals surface area (Å²) in [7, 11) is 0. The fourth-order valence-electron chi connectivity index (χ4n) is 3.68. The summed E-state index contributed by atoms with van der Waals surface area (Å²) in [6.45, 7) is 5.16. The van der Waals surface area contributed by atoms with Crippen molar-refractivity contribution in [2.75, 3.05) is 57.5 Å². The monoisotopic (exact) mass is 443 g/mol. The van der Waals surface area contributed by atoms with Gasteiger partial charge in [0, 0.05) is 31.7 Å². The highest BCUT2D eigenvalue weighted by atomic mass is 32.1. The number of anilines is 1. The Morgan fingerprint density at radius 1 is 1.06 bits per heavy atom. The van der Waals surface area contributed by atoms with Crippen LogP contribution >= 0.6 is 11.3 Å². The molecule has 0 aliphatic carbocycles. The number of amides is 1. The predicted octanol–water partition coefficient (Wildman–Crippen LogP) is 3.19. The number of rotatable bonds is 5. The lowest BCUT2D eigenvalue weighted by molar-refractivity contribution is 0.0391. The van der Waals surface area contributed by atoms with E-state index in [2.05, 4.69) is 9.88 Å². The maximum absolute atomic E-state index is 13.7.